The lowest BCUT2D eigenvalue weighted by Gasteiger charge is -2.16. The van der Waals surface area contributed by atoms with E-state index in [1.807, 2.05) is 13.0 Å². The quantitative estimate of drug-likeness (QED) is 0.865. The van der Waals surface area contributed by atoms with Gasteiger partial charge in [0.2, 0.25) is 0 Å². The van der Waals surface area contributed by atoms with Gasteiger partial charge >= 0.3 is 0 Å². The molecule has 0 aliphatic heterocycles. The summed E-state index contributed by atoms with van der Waals surface area (Å²) in [6.45, 7) is 1.96. The van der Waals surface area contributed by atoms with Crippen molar-refractivity contribution in [2.24, 2.45) is 0 Å². The summed E-state index contributed by atoms with van der Waals surface area (Å²) in [6.07, 6.45) is 2.31. The predicted octanol–water partition coefficient (Wildman–Crippen LogP) is 4.12. The van der Waals surface area contributed by atoms with Crippen LogP contribution < -0.4 is 5.32 Å². The second kappa shape index (κ2) is 4.99. The van der Waals surface area contributed by atoms with E-state index >= 15 is 0 Å². The smallest absolute Gasteiger partial charge is 0.149 e. The first-order valence-electron chi connectivity index (χ1n) is 5.45. The molecule has 1 N–H and O–H groups in total. The largest absolute Gasteiger partial charge is 0.467 e. The van der Waals surface area contributed by atoms with E-state index in [0.29, 0.717) is 0 Å². The van der Waals surface area contributed by atoms with Gasteiger partial charge in [0.05, 0.1) is 18.0 Å². The van der Waals surface area contributed by atoms with Gasteiger partial charge in [0.1, 0.15) is 17.4 Å². The SMILES string of the molecule is CCC(Nc1ccc(F)cc1F)c1ccco1. The molecule has 2 rings (SSSR count). The molecule has 1 aromatic heterocycles. The second-order valence-electron chi connectivity index (χ2n) is 3.74. The molecule has 2 aromatic rings. The maximum atomic E-state index is 13.5. The molecule has 0 aliphatic rings. The number of benzene rings is 1. The highest BCUT2D eigenvalue weighted by Gasteiger charge is 2.14. The summed E-state index contributed by atoms with van der Waals surface area (Å²) in [6, 6.07) is 6.95. The Kier molecular flexibility index (Phi) is 3.42. The van der Waals surface area contributed by atoms with E-state index in [0.717, 1.165) is 18.2 Å². The summed E-state index contributed by atoms with van der Waals surface area (Å²) in [5.41, 5.74) is 0.273. The molecule has 0 saturated carbocycles. The Labute approximate surface area is 98.3 Å². The summed E-state index contributed by atoms with van der Waals surface area (Å²) < 4.78 is 31.5. The Bertz CT molecular complexity index is 482. The van der Waals surface area contributed by atoms with Crippen molar-refractivity contribution in [2.75, 3.05) is 5.32 Å². The highest BCUT2D eigenvalue weighted by molar-refractivity contribution is 5.46. The van der Waals surface area contributed by atoms with Crippen molar-refractivity contribution in [2.45, 2.75) is 19.4 Å². The third kappa shape index (κ3) is 2.64. The Morgan fingerprint density at radius 3 is 2.71 bits per heavy atom. The minimum atomic E-state index is -0.602. The third-order valence-electron chi connectivity index (χ3n) is 2.56. The first-order valence-corrected chi connectivity index (χ1v) is 5.45. The molecular weight excluding hydrogens is 224 g/mol. The van der Waals surface area contributed by atoms with Crippen molar-refractivity contribution < 1.29 is 13.2 Å². The van der Waals surface area contributed by atoms with Crippen LogP contribution >= 0.6 is 0 Å². The van der Waals surface area contributed by atoms with E-state index in [9.17, 15) is 8.78 Å². The van der Waals surface area contributed by atoms with Crippen LogP contribution in [0.3, 0.4) is 0 Å². The van der Waals surface area contributed by atoms with Crippen molar-refractivity contribution in [1.29, 1.82) is 0 Å². The Morgan fingerprint density at radius 2 is 2.12 bits per heavy atom. The van der Waals surface area contributed by atoms with Gasteiger partial charge in [0, 0.05) is 6.07 Å². The molecule has 1 heterocycles. The number of halogens is 2. The zero-order valence-corrected chi connectivity index (χ0v) is 9.41. The monoisotopic (exact) mass is 237 g/mol. The second-order valence-corrected chi connectivity index (χ2v) is 3.74. The van der Waals surface area contributed by atoms with Crippen molar-refractivity contribution in [1.82, 2.24) is 0 Å². The molecule has 0 aliphatic carbocycles. The predicted molar refractivity (Wildman–Crippen MR) is 61.7 cm³/mol. The van der Waals surface area contributed by atoms with Gasteiger partial charge in [-0.2, -0.15) is 0 Å². The van der Waals surface area contributed by atoms with Crippen LogP contribution in [-0.2, 0) is 0 Å². The van der Waals surface area contributed by atoms with Gasteiger partial charge in [-0.25, -0.2) is 8.78 Å². The topological polar surface area (TPSA) is 25.2 Å². The summed E-state index contributed by atoms with van der Waals surface area (Å²) in [7, 11) is 0. The van der Waals surface area contributed by atoms with Crippen molar-refractivity contribution in [3.05, 3.63) is 54.0 Å². The van der Waals surface area contributed by atoms with E-state index in [1.165, 1.54) is 12.1 Å². The lowest BCUT2D eigenvalue weighted by Crippen LogP contribution is -2.10. The number of hydrogen-bond donors (Lipinski definition) is 1. The summed E-state index contributed by atoms with van der Waals surface area (Å²) in [5.74, 6) is -0.453. The lowest BCUT2D eigenvalue weighted by atomic mass is 10.1. The fraction of sp³-hybridized carbons (Fsp3) is 0.231. The molecule has 4 heteroatoms. The molecule has 1 atom stereocenters. The molecule has 0 bridgehead atoms. The van der Waals surface area contributed by atoms with Crippen LogP contribution in [0, 0.1) is 11.6 Å². The summed E-state index contributed by atoms with van der Waals surface area (Å²) in [5, 5.41) is 2.99. The Morgan fingerprint density at radius 1 is 1.29 bits per heavy atom. The summed E-state index contributed by atoms with van der Waals surface area (Å²) in [4.78, 5) is 0. The average molecular weight is 237 g/mol. The van der Waals surface area contributed by atoms with Gasteiger partial charge in [-0.1, -0.05) is 6.92 Å². The summed E-state index contributed by atoms with van der Waals surface area (Å²) >= 11 is 0. The van der Waals surface area contributed by atoms with Gasteiger partial charge < -0.3 is 9.73 Å². The van der Waals surface area contributed by atoms with E-state index in [1.54, 1.807) is 12.3 Å². The first-order chi connectivity index (χ1) is 8.20. The van der Waals surface area contributed by atoms with Crippen molar-refractivity contribution >= 4 is 5.69 Å². The number of rotatable bonds is 4. The highest BCUT2D eigenvalue weighted by atomic mass is 19.1. The van der Waals surface area contributed by atoms with Crippen molar-refractivity contribution in [3.8, 4) is 0 Å². The maximum Gasteiger partial charge on any atom is 0.149 e. The van der Waals surface area contributed by atoms with Crippen LogP contribution in [0.25, 0.3) is 0 Å². The van der Waals surface area contributed by atoms with E-state index in [-0.39, 0.29) is 11.7 Å². The minimum Gasteiger partial charge on any atom is -0.467 e. The zero-order chi connectivity index (χ0) is 12.3. The molecule has 0 amide bonds. The number of nitrogens with one attached hydrogen (secondary N) is 1. The molecule has 17 heavy (non-hydrogen) atoms. The van der Waals surface area contributed by atoms with Crippen LogP contribution in [0.5, 0.6) is 0 Å². The van der Waals surface area contributed by atoms with E-state index in [4.69, 9.17) is 4.42 Å². The van der Waals surface area contributed by atoms with E-state index in [2.05, 4.69) is 5.32 Å². The number of anilines is 1. The van der Waals surface area contributed by atoms with Crippen LogP contribution in [0.1, 0.15) is 25.1 Å². The zero-order valence-electron chi connectivity index (χ0n) is 9.41. The molecular formula is C13H13F2NO. The van der Waals surface area contributed by atoms with Crippen LogP contribution in [0.15, 0.2) is 41.0 Å². The molecule has 1 aromatic carbocycles. The molecule has 2 nitrogen and oxygen atoms in total. The fourth-order valence-electron chi connectivity index (χ4n) is 1.66. The number of hydrogen-bond acceptors (Lipinski definition) is 2. The highest BCUT2D eigenvalue weighted by Crippen LogP contribution is 2.24. The molecule has 0 saturated heterocycles. The molecule has 0 fully saturated rings. The van der Waals surface area contributed by atoms with Crippen LogP contribution in [-0.4, -0.2) is 0 Å². The Balaban J connectivity index is 2.19. The first kappa shape index (κ1) is 11.6. The van der Waals surface area contributed by atoms with Gasteiger partial charge in [-0.15, -0.1) is 0 Å². The Hall–Kier alpha value is -1.84. The minimum absolute atomic E-state index is 0.120. The normalized spacial score (nSPS) is 12.4. The van der Waals surface area contributed by atoms with Crippen LogP contribution in [0.4, 0.5) is 14.5 Å². The molecule has 90 valence electrons. The van der Waals surface area contributed by atoms with Gasteiger partial charge in [0.15, 0.2) is 0 Å². The van der Waals surface area contributed by atoms with Gasteiger partial charge in [0.25, 0.3) is 0 Å². The van der Waals surface area contributed by atoms with Crippen molar-refractivity contribution in [3.63, 3.8) is 0 Å². The third-order valence-corrected chi connectivity index (χ3v) is 2.56. The van der Waals surface area contributed by atoms with Gasteiger partial charge in [-0.3, -0.25) is 0 Å². The lowest BCUT2D eigenvalue weighted by molar-refractivity contribution is 0.472. The van der Waals surface area contributed by atoms with Gasteiger partial charge in [-0.05, 0) is 30.7 Å². The van der Waals surface area contributed by atoms with Crippen LogP contribution in [0.2, 0.25) is 0 Å². The molecule has 0 radical (unpaired) electrons. The fourth-order valence-corrected chi connectivity index (χ4v) is 1.66. The van der Waals surface area contributed by atoms with E-state index < -0.39 is 11.6 Å². The molecule has 0 spiro atoms. The standard InChI is InChI=1S/C13H13F2NO/c1-2-11(13-4-3-7-17-13)16-12-6-5-9(14)8-10(12)15/h3-8,11,16H,2H2,1H3. The molecule has 1 unspecified atom stereocenters. The number of furan rings is 1. The average Bonchev–Trinajstić information content (AvgIpc) is 2.81. The maximum absolute atomic E-state index is 13.5.